The molecule has 2 rings (SSSR count). The Balaban J connectivity index is 1.97. The first-order chi connectivity index (χ1) is 4.97. The minimum Gasteiger partial charge on any atom is -0.328 e. The summed E-state index contributed by atoms with van der Waals surface area (Å²) in [4.78, 5) is 0. The smallest absolute Gasteiger partial charge is 0.0826 e. The molecule has 0 amide bonds. The van der Waals surface area contributed by atoms with Crippen molar-refractivity contribution in [1.82, 2.24) is 21.5 Å². The summed E-state index contributed by atoms with van der Waals surface area (Å²) in [6, 6.07) is 0. The summed E-state index contributed by atoms with van der Waals surface area (Å²) in [5.41, 5.74) is 7.34. The molecule has 1 fully saturated rings. The van der Waals surface area contributed by atoms with Gasteiger partial charge in [0.15, 0.2) is 0 Å². The molecular weight excluding hydrogens is 128 g/mol. The van der Waals surface area contributed by atoms with Gasteiger partial charge in [0.25, 0.3) is 0 Å². The molecule has 4 N–H and O–H groups in total. The summed E-state index contributed by atoms with van der Waals surface area (Å²) in [7, 11) is 0. The van der Waals surface area contributed by atoms with E-state index in [0.717, 1.165) is 19.6 Å². The highest BCUT2D eigenvalue weighted by molar-refractivity contribution is 5.15. The maximum atomic E-state index is 3.34. The van der Waals surface area contributed by atoms with E-state index in [0.29, 0.717) is 6.17 Å². The van der Waals surface area contributed by atoms with E-state index in [2.05, 4.69) is 21.5 Å². The third-order valence-electron chi connectivity index (χ3n) is 1.84. The Morgan fingerprint density at radius 3 is 2.70 bits per heavy atom. The van der Waals surface area contributed by atoms with E-state index in [4.69, 9.17) is 0 Å². The number of nitrogens with one attached hydrogen (secondary N) is 4. The standard InChI is InChI=1S/C6H12N4/c1-2-8-6(7-1)5-3-9-10-4-5/h3,6-10H,1-2,4H2. The predicted molar refractivity (Wildman–Crippen MR) is 39.0 cm³/mol. The van der Waals surface area contributed by atoms with E-state index in [-0.39, 0.29) is 0 Å². The minimum atomic E-state index is 0.391. The average molecular weight is 140 g/mol. The fourth-order valence-corrected chi connectivity index (χ4v) is 1.30. The summed E-state index contributed by atoms with van der Waals surface area (Å²) in [6.07, 6.45) is 2.40. The van der Waals surface area contributed by atoms with Crippen molar-refractivity contribution in [2.75, 3.05) is 19.6 Å². The number of hydrogen-bond acceptors (Lipinski definition) is 4. The molecule has 0 aromatic heterocycles. The minimum absolute atomic E-state index is 0.391. The van der Waals surface area contributed by atoms with E-state index in [1.165, 1.54) is 5.57 Å². The lowest BCUT2D eigenvalue weighted by Crippen LogP contribution is -2.34. The van der Waals surface area contributed by atoms with Gasteiger partial charge in [-0.15, -0.1) is 0 Å². The van der Waals surface area contributed by atoms with Gasteiger partial charge in [-0.2, -0.15) is 0 Å². The van der Waals surface area contributed by atoms with Crippen LogP contribution in [-0.2, 0) is 0 Å². The van der Waals surface area contributed by atoms with Crippen molar-refractivity contribution < 1.29 is 0 Å². The lowest BCUT2D eigenvalue weighted by molar-refractivity contribution is 0.612. The maximum Gasteiger partial charge on any atom is 0.0826 e. The van der Waals surface area contributed by atoms with Crippen LogP contribution in [0.25, 0.3) is 0 Å². The van der Waals surface area contributed by atoms with Crippen LogP contribution in [0.3, 0.4) is 0 Å². The zero-order chi connectivity index (χ0) is 6.81. The Kier molecular flexibility index (Phi) is 1.58. The molecule has 56 valence electrons. The van der Waals surface area contributed by atoms with Crippen LogP contribution in [0.5, 0.6) is 0 Å². The van der Waals surface area contributed by atoms with Crippen molar-refractivity contribution in [3.8, 4) is 0 Å². The molecule has 0 saturated carbocycles. The van der Waals surface area contributed by atoms with Gasteiger partial charge in [-0.05, 0) is 5.57 Å². The zero-order valence-corrected chi connectivity index (χ0v) is 5.78. The number of rotatable bonds is 1. The van der Waals surface area contributed by atoms with Crippen molar-refractivity contribution in [3.05, 3.63) is 11.8 Å². The Hall–Kier alpha value is -0.580. The van der Waals surface area contributed by atoms with Gasteiger partial charge in [-0.1, -0.05) is 0 Å². The topological polar surface area (TPSA) is 48.1 Å². The van der Waals surface area contributed by atoms with Crippen molar-refractivity contribution in [1.29, 1.82) is 0 Å². The largest absolute Gasteiger partial charge is 0.328 e. The summed E-state index contributed by atoms with van der Waals surface area (Å²) in [5, 5.41) is 6.68. The van der Waals surface area contributed by atoms with Gasteiger partial charge in [-0.3, -0.25) is 10.6 Å². The first-order valence-electron chi connectivity index (χ1n) is 3.61. The van der Waals surface area contributed by atoms with E-state index in [9.17, 15) is 0 Å². The predicted octanol–water partition coefficient (Wildman–Crippen LogP) is -1.50. The van der Waals surface area contributed by atoms with Gasteiger partial charge in [0.1, 0.15) is 0 Å². The molecule has 10 heavy (non-hydrogen) atoms. The molecule has 0 bridgehead atoms. The van der Waals surface area contributed by atoms with Crippen molar-refractivity contribution in [3.63, 3.8) is 0 Å². The van der Waals surface area contributed by atoms with E-state index in [1.54, 1.807) is 0 Å². The van der Waals surface area contributed by atoms with Gasteiger partial charge in [-0.25, -0.2) is 5.43 Å². The third-order valence-corrected chi connectivity index (χ3v) is 1.84. The molecule has 0 aromatic carbocycles. The summed E-state index contributed by atoms with van der Waals surface area (Å²) in [6.45, 7) is 3.08. The average Bonchev–Trinajstić information content (AvgIpc) is 2.59. The maximum absolute atomic E-state index is 3.34. The molecule has 0 aromatic rings. The molecule has 0 atom stereocenters. The SMILES string of the molecule is C1=C(C2NCCN2)CNN1. The molecule has 4 heteroatoms. The second-order valence-electron chi connectivity index (χ2n) is 2.56. The Bertz CT molecular complexity index is 148. The van der Waals surface area contributed by atoms with Gasteiger partial charge in [0.2, 0.25) is 0 Å². The van der Waals surface area contributed by atoms with E-state index < -0.39 is 0 Å². The molecule has 0 unspecified atom stereocenters. The van der Waals surface area contributed by atoms with Crippen molar-refractivity contribution in [2.45, 2.75) is 6.17 Å². The highest BCUT2D eigenvalue weighted by atomic mass is 15.4. The highest BCUT2D eigenvalue weighted by Gasteiger charge is 2.18. The molecule has 4 nitrogen and oxygen atoms in total. The van der Waals surface area contributed by atoms with Crippen LogP contribution in [0.2, 0.25) is 0 Å². The number of hydrazine groups is 1. The molecule has 2 aliphatic rings. The lowest BCUT2D eigenvalue weighted by Gasteiger charge is -2.09. The van der Waals surface area contributed by atoms with Crippen LogP contribution in [0.1, 0.15) is 0 Å². The highest BCUT2D eigenvalue weighted by Crippen LogP contribution is 2.02. The fraction of sp³-hybridized carbons (Fsp3) is 0.667. The molecular formula is C6H12N4. The van der Waals surface area contributed by atoms with Crippen LogP contribution in [0.15, 0.2) is 11.8 Å². The summed E-state index contributed by atoms with van der Waals surface area (Å²) in [5.74, 6) is 0. The normalized spacial score (nSPS) is 26.6. The molecule has 0 radical (unpaired) electrons. The van der Waals surface area contributed by atoms with Crippen LogP contribution in [0.4, 0.5) is 0 Å². The molecule has 2 heterocycles. The second kappa shape index (κ2) is 2.57. The van der Waals surface area contributed by atoms with E-state index >= 15 is 0 Å². The summed E-state index contributed by atoms with van der Waals surface area (Å²) >= 11 is 0. The van der Waals surface area contributed by atoms with Gasteiger partial charge < -0.3 is 5.43 Å². The molecule has 0 spiro atoms. The quantitative estimate of drug-likeness (QED) is 0.358. The summed E-state index contributed by atoms with van der Waals surface area (Å²) < 4.78 is 0. The lowest BCUT2D eigenvalue weighted by atomic mass is 10.2. The van der Waals surface area contributed by atoms with Gasteiger partial charge in [0.05, 0.1) is 6.17 Å². The van der Waals surface area contributed by atoms with Crippen LogP contribution in [0, 0.1) is 0 Å². The second-order valence-corrected chi connectivity index (χ2v) is 2.56. The third kappa shape index (κ3) is 1.01. The van der Waals surface area contributed by atoms with Crippen molar-refractivity contribution in [2.24, 2.45) is 0 Å². The molecule has 2 aliphatic heterocycles. The first-order valence-corrected chi connectivity index (χ1v) is 3.61. The molecule has 0 aliphatic carbocycles. The van der Waals surface area contributed by atoms with E-state index in [1.807, 2.05) is 6.20 Å². The molecule has 1 saturated heterocycles. The van der Waals surface area contributed by atoms with Crippen molar-refractivity contribution >= 4 is 0 Å². The first kappa shape index (κ1) is 6.15. The monoisotopic (exact) mass is 140 g/mol. The van der Waals surface area contributed by atoms with Crippen LogP contribution in [-0.4, -0.2) is 25.8 Å². The Morgan fingerprint density at radius 2 is 2.10 bits per heavy atom. The number of hydrogen-bond donors (Lipinski definition) is 4. The Labute approximate surface area is 60.0 Å². The fourth-order valence-electron chi connectivity index (χ4n) is 1.30. The van der Waals surface area contributed by atoms with Gasteiger partial charge >= 0.3 is 0 Å². The zero-order valence-electron chi connectivity index (χ0n) is 5.78. The Morgan fingerprint density at radius 1 is 1.30 bits per heavy atom. The van der Waals surface area contributed by atoms with Crippen LogP contribution < -0.4 is 21.5 Å². The van der Waals surface area contributed by atoms with Gasteiger partial charge in [0, 0.05) is 25.8 Å². The van der Waals surface area contributed by atoms with Crippen LogP contribution >= 0.6 is 0 Å².